The summed E-state index contributed by atoms with van der Waals surface area (Å²) in [5.74, 6) is -0.240. The lowest BCUT2D eigenvalue weighted by Crippen LogP contribution is -2.07. The molecule has 2 rings (SSSR count). The first-order valence-electron chi connectivity index (χ1n) is 5.15. The van der Waals surface area contributed by atoms with Crippen molar-refractivity contribution in [2.24, 2.45) is 5.73 Å². The summed E-state index contributed by atoms with van der Waals surface area (Å²) in [4.78, 5) is 0. The van der Waals surface area contributed by atoms with Crippen molar-refractivity contribution in [1.82, 2.24) is 9.78 Å². The zero-order valence-corrected chi connectivity index (χ0v) is 9.15. The Hall–Kier alpha value is -1.68. The molecule has 0 radical (unpaired) electrons. The van der Waals surface area contributed by atoms with Crippen LogP contribution >= 0.6 is 0 Å². The van der Waals surface area contributed by atoms with Gasteiger partial charge in [-0.25, -0.2) is 4.39 Å². The Morgan fingerprint density at radius 3 is 2.81 bits per heavy atom. The molecule has 4 heteroatoms. The van der Waals surface area contributed by atoms with Crippen molar-refractivity contribution >= 4 is 0 Å². The lowest BCUT2D eigenvalue weighted by atomic mass is 10.1. The third-order valence-electron chi connectivity index (χ3n) is 2.48. The molecule has 3 nitrogen and oxygen atoms in total. The molecule has 0 aliphatic rings. The minimum atomic E-state index is -0.240. The van der Waals surface area contributed by atoms with Crippen molar-refractivity contribution in [3.05, 3.63) is 53.1 Å². The van der Waals surface area contributed by atoms with Crippen molar-refractivity contribution in [3.8, 4) is 0 Å². The second-order valence-corrected chi connectivity index (χ2v) is 3.83. The van der Waals surface area contributed by atoms with Crippen LogP contribution in [0.4, 0.5) is 4.39 Å². The molecule has 0 unspecified atom stereocenters. The van der Waals surface area contributed by atoms with Gasteiger partial charge in [-0.05, 0) is 35.7 Å². The van der Waals surface area contributed by atoms with Gasteiger partial charge >= 0.3 is 0 Å². The van der Waals surface area contributed by atoms with Gasteiger partial charge < -0.3 is 5.73 Å². The Bertz CT molecular complexity index is 491. The molecule has 2 aromatic rings. The van der Waals surface area contributed by atoms with E-state index in [4.69, 9.17) is 5.73 Å². The van der Waals surface area contributed by atoms with E-state index in [0.29, 0.717) is 13.1 Å². The maximum atomic E-state index is 13.1. The largest absolute Gasteiger partial charge is 0.326 e. The molecule has 84 valence electrons. The first-order chi connectivity index (χ1) is 7.69. The van der Waals surface area contributed by atoms with E-state index in [0.717, 1.165) is 16.7 Å². The highest BCUT2D eigenvalue weighted by Gasteiger charge is 2.04. The summed E-state index contributed by atoms with van der Waals surface area (Å²) in [5.41, 5.74) is 8.53. The van der Waals surface area contributed by atoms with Crippen LogP contribution in [-0.2, 0) is 13.1 Å². The van der Waals surface area contributed by atoms with Crippen LogP contribution in [0.5, 0.6) is 0 Å². The topological polar surface area (TPSA) is 43.8 Å². The van der Waals surface area contributed by atoms with Crippen LogP contribution in [0.1, 0.15) is 16.7 Å². The quantitative estimate of drug-likeness (QED) is 0.856. The Kier molecular flexibility index (Phi) is 3.01. The average molecular weight is 219 g/mol. The number of halogens is 1. The third-order valence-corrected chi connectivity index (χ3v) is 2.48. The minimum absolute atomic E-state index is 0.240. The van der Waals surface area contributed by atoms with Gasteiger partial charge in [-0.15, -0.1) is 0 Å². The molecule has 0 fully saturated rings. The third kappa shape index (κ3) is 2.28. The number of aromatic nitrogens is 2. The monoisotopic (exact) mass is 219 g/mol. The van der Waals surface area contributed by atoms with Crippen LogP contribution in [0.15, 0.2) is 30.6 Å². The van der Waals surface area contributed by atoms with Gasteiger partial charge in [0, 0.05) is 12.7 Å². The van der Waals surface area contributed by atoms with E-state index in [1.165, 1.54) is 12.1 Å². The number of nitrogens with zero attached hydrogens (tertiary/aromatic N) is 2. The Morgan fingerprint density at radius 2 is 2.19 bits per heavy atom. The van der Waals surface area contributed by atoms with E-state index in [9.17, 15) is 4.39 Å². The van der Waals surface area contributed by atoms with Crippen LogP contribution < -0.4 is 5.73 Å². The summed E-state index contributed by atoms with van der Waals surface area (Å²) >= 11 is 0. The molecule has 0 spiro atoms. The molecule has 0 saturated heterocycles. The second-order valence-electron chi connectivity index (χ2n) is 3.83. The van der Waals surface area contributed by atoms with Crippen LogP contribution in [0.2, 0.25) is 0 Å². The molecular weight excluding hydrogens is 205 g/mol. The van der Waals surface area contributed by atoms with Gasteiger partial charge in [0.25, 0.3) is 0 Å². The van der Waals surface area contributed by atoms with Gasteiger partial charge in [0.05, 0.1) is 12.7 Å². The van der Waals surface area contributed by atoms with Gasteiger partial charge in [-0.2, -0.15) is 5.10 Å². The smallest absolute Gasteiger partial charge is 0.123 e. The fourth-order valence-electron chi connectivity index (χ4n) is 1.67. The zero-order chi connectivity index (χ0) is 11.5. The van der Waals surface area contributed by atoms with Crippen LogP contribution in [0.3, 0.4) is 0 Å². The highest BCUT2D eigenvalue weighted by Crippen LogP contribution is 2.12. The van der Waals surface area contributed by atoms with Gasteiger partial charge in [0.15, 0.2) is 0 Å². The maximum Gasteiger partial charge on any atom is 0.123 e. The lowest BCUT2D eigenvalue weighted by Gasteiger charge is -2.08. The molecule has 0 amide bonds. The molecule has 0 atom stereocenters. The van der Waals surface area contributed by atoms with Crippen molar-refractivity contribution in [1.29, 1.82) is 0 Å². The minimum Gasteiger partial charge on any atom is -0.326 e. The molecule has 0 aliphatic carbocycles. The zero-order valence-electron chi connectivity index (χ0n) is 9.15. The number of nitrogens with two attached hydrogens (primary N) is 1. The van der Waals surface area contributed by atoms with Crippen molar-refractivity contribution < 1.29 is 4.39 Å². The highest BCUT2D eigenvalue weighted by atomic mass is 19.1. The fourth-order valence-corrected chi connectivity index (χ4v) is 1.67. The molecular formula is C12H14FN3. The Balaban J connectivity index is 2.29. The molecule has 0 aliphatic heterocycles. The van der Waals surface area contributed by atoms with Crippen LogP contribution in [0.25, 0.3) is 0 Å². The van der Waals surface area contributed by atoms with Gasteiger partial charge in [-0.3, -0.25) is 4.68 Å². The summed E-state index contributed by atoms with van der Waals surface area (Å²) < 4.78 is 14.9. The SMILES string of the molecule is Cc1cnn(Cc2cc(F)ccc2CN)c1. The first-order valence-corrected chi connectivity index (χ1v) is 5.15. The molecule has 0 saturated carbocycles. The van der Waals surface area contributed by atoms with E-state index in [-0.39, 0.29) is 5.82 Å². The molecule has 2 N–H and O–H groups in total. The van der Waals surface area contributed by atoms with E-state index in [1.54, 1.807) is 16.9 Å². The van der Waals surface area contributed by atoms with Gasteiger partial charge in [-0.1, -0.05) is 6.07 Å². The second kappa shape index (κ2) is 4.45. The van der Waals surface area contributed by atoms with E-state index < -0.39 is 0 Å². The summed E-state index contributed by atoms with van der Waals surface area (Å²) in [6.07, 6.45) is 3.70. The highest BCUT2D eigenvalue weighted by molar-refractivity contribution is 5.28. The van der Waals surface area contributed by atoms with Crippen LogP contribution in [-0.4, -0.2) is 9.78 Å². The normalized spacial score (nSPS) is 10.7. The van der Waals surface area contributed by atoms with Crippen molar-refractivity contribution in [2.75, 3.05) is 0 Å². The van der Waals surface area contributed by atoms with E-state index in [2.05, 4.69) is 5.10 Å². The maximum absolute atomic E-state index is 13.1. The van der Waals surface area contributed by atoms with Gasteiger partial charge in [0.1, 0.15) is 5.82 Å². The van der Waals surface area contributed by atoms with Crippen LogP contribution in [0, 0.1) is 12.7 Å². The number of aryl methyl sites for hydroxylation is 1. The first kappa shape index (κ1) is 10.8. The number of hydrogen-bond donors (Lipinski definition) is 1. The Labute approximate surface area is 93.7 Å². The van der Waals surface area contributed by atoms with Gasteiger partial charge in [0.2, 0.25) is 0 Å². The standard InChI is InChI=1S/C12H14FN3/c1-9-6-15-16(7-9)8-11-4-12(13)3-2-10(11)5-14/h2-4,6-7H,5,8,14H2,1H3. The molecule has 0 bridgehead atoms. The Morgan fingerprint density at radius 1 is 1.38 bits per heavy atom. The summed E-state index contributed by atoms with van der Waals surface area (Å²) in [6, 6.07) is 4.67. The molecule has 16 heavy (non-hydrogen) atoms. The predicted octanol–water partition coefficient (Wildman–Crippen LogP) is 1.84. The number of rotatable bonds is 3. The molecule has 1 aromatic carbocycles. The van der Waals surface area contributed by atoms with E-state index >= 15 is 0 Å². The number of benzene rings is 1. The van der Waals surface area contributed by atoms with Crippen molar-refractivity contribution in [2.45, 2.75) is 20.0 Å². The predicted molar refractivity (Wildman–Crippen MR) is 60.4 cm³/mol. The summed E-state index contributed by atoms with van der Waals surface area (Å²) in [7, 11) is 0. The number of hydrogen-bond acceptors (Lipinski definition) is 2. The lowest BCUT2D eigenvalue weighted by molar-refractivity contribution is 0.616. The summed E-state index contributed by atoms with van der Waals surface area (Å²) in [6.45, 7) is 2.94. The summed E-state index contributed by atoms with van der Waals surface area (Å²) in [5, 5.41) is 4.17. The van der Waals surface area contributed by atoms with Crippen molar-refractivity contribution in [3.63, 3.8) is 0 Å². The molecule has 1 aromatic heterocycles. The fraction of sp³-hybridized carbons (Fsp3) is 0.250. The van der Waals surface area contributed by atoms with E-state index in [1.807, 2.05) is 13.1 Å². The molecule has 1 heterocycles. The average Bonchev–Trinajstić information content (AvgIpc) is 2.64.